The van der Waals surface area contributed by atoms with Gasteiger partial charge in [0.2, 0.25) is 0 Å². The molecule has 0 saturated carbocycles. The van der Waals surface area contributed by atoms with Crippen LogP contribution in [0.1, 0.15) is 33.6 Å². The van der Waals surface area contributed by atoms with Gasteiger partial charge in [0.05, 0.1) is 37.8 Å². The molecule has 0 radical (unpaired) electrons. The fraction of sp³-hybridized carbons (Fsp3) is 0.375. The molecule has 0 bridgehead atoms. The summed E-state index contributed by atoms with van der Waals surface area (Å²) < 4.78 is 21.9. The molecule has 0 fully saturated rings. The first-order valence-electron chi connectivity index (χ1n) is 7.86. The SMILES string of the molecule is Cc1ncc(CO)c(COP(=O)(O)OCc2c(CO)cnc(C)c2O)c1O. The first-order valence-corrected chi connectivity index (χ1v) is 9.36. The van der Waals surface area contributed by atoms with Crippen molar-refractivity contribution in [2.75, 3.05) is 0 Å². The molecule has 11 heteroatoms. The third-order valence-corrected chi connectivity index (χ3v) is 4.86. The summed E-state index contributed by atoms with van der Waals surface area (Å²) in [5, 5.41) is 38.6. The van der Waals surface area contributed by atoms with E-state index >= 15 is 0 Å². The van der Waals surface area contributed by atoms with Crippen molar-refractivity contribution in [3.05, 3.63) is 46.0 Å². The fourth-order valence-corrected chi connectivity index (χ4v) is 2.95. The topological polar surface area (TPSA) is 162 Å². The number of aromatic hydroxyl groups is 2. The highest BCUT2D eigenvalue weighted by Crippen LogP contribution is 2.46. The summed E-state index contributed by atoms with van der Waals surface area (Å²) in [5.41, 5.74) is 1.24. The van der Waals surface area contributed by atoms with Crippen molar-refractivity contribution in [3.8, 4) is 11.5 Å². The van der Waals surface area contributed by atoms with Gasteiger partial charge in [-0.2, -0.15) is 0 Å². The summed E-state index contributed by atoms with van der Waals surface area (Å²) in [7, 11) is -4.58. The zero-order chi connectivity index (χ0) is 20.2. The third-order valence-electron chi connectivity index (χ3n) is 3.95. The summed E-state index contributed by atoms with van der Waals surface area (Å²) in [4.78, 5) is 17.6. The van der Waals surface area contributed by atoms with Crippen molar-refractivity contribution >= 4 is 7.82 Å². The first-order chi connectivity index (χ1) is 12.7. The number of phosphoric acid groups is 1. The predicted molar refractivity (Wildman–Crippen MR) is 92.5 cm³/mol. The average Bonchev–Trinajstić information content (AvgIpc) is 2.64. The van der Waals surface area contributed by atoms with Crippen LogP contribution in [-0.4, -0.2) is 35.3 Å². The Morgan fingerprint density at radius 2 is 1.26 bits per heavy atom. The maximum Gasteiger partial charge on any atom is 0.472 e. The van der Waals surface area contributed by atoms with E-state index in [1.54, 1.807) is 0 Å². The number of pyridine rings is 2. The predicted octanol–water partition coefficient (Wildman–Crippen LogP) is 1.32. The van der Waals surface area contributed by atoms with E-state index in [9.17, 15) is 29.9 Å². The zero-order valence-corrected chi connectivity index (χ0v) is 15.7. The molecular formula is C16H21N2O8P. The lowest BCUT2D eigenvalue weighted by Gasteiger charge is -2.16. The summed E-state index contributed by atoms with van der Waals surface area (Å²) in [6, 6.07) is 0. The molecule has 2 aromatic heterocycles. The number of rotatable bonds is 8. The van der Waals surface area contributed by atoms with E-state index in [1.807, 2.05) is 0 Å². The molecule has 0 aliphatic heterocycles. The van der Waals surface area contributed by atoms with E-state index in [0.717, 1.165) is 0 Å². The molecule has 148 valence electrons. The van der Waals surface area contributed by atoms with Gasteiger partial charge >= 0.3 is 7.82 Å². The molecule has 0 amide bonds. The number of aliphatic hydroxyl groups is 2. The van der Waals surface area contributed by atoms with Gasteiger partial charge in [-0.05, 0) is 13.8 Å². The Hall–Kier alpha value is -2.07. The van der Waals surface area contributed by atoms with Gasteiger partial charge in [0.1, 0.15) is 11.5 Å². The molecule has 0 aromatic carbocycles. The Labute approximate surface area is 155 Å². The maximum atomic E-state index is 12.1. The Morgan fingerprint density at radius 1 is 0.889 bits per heavy atom. The highest BCUT2D eigenvalue weighted by molar-refractivity contribution is 7.47. The molecule has 10 nitrogen and oxygen atoms in total. The Kier molecular flexibility index (Phi) is 6.88. The van der Waals surface area contributed by atoms with Gasteiger partial charge in [-0.15, -0.1) is 0 Å². The van der Waals surface area contributed by atoms with Crippen LogP contribution in [0.15, 0.2) is 12.4 Å². The van der Waals surface area contributed by atoms with Gasteiger partial charge in [-0.3, -0.25) is 19.0 Å². The van der Waals surface area contributed by atoms with Crippen molar-refractivity contribution in [3.63, 3.8) is 0 Å². The number of hydrogen-bond acceptors (Lipinski definition) is 9. The first kappa shape index (κ1) is 21.2. The Bertz CT molecular complexity index is 806. The molecule has 2 rings (SSSR count). The molecular weight excluding hydrogens is 379 g/mol. The highest BCUT2D eigenvalue weighted by Gasteiger charge is 2.25. The van der Waals surface area contributed by atoms with Crippen molar-refractivity contribution in [1.82, 2.24) is 9.97 Å². The molecule has 0 atom stereocenters. The monoisotopic (exact) mass is 400 g/mol. The number of aromatic nitrogens is 2. The lowest BCUT2D eigenvalue weighted by molar-refractivity contribution is 0.133. The second-order valence-corrected chi connectivity index (χ2v) is 7.18. The van der Waals surface area contributed by atoms with E-state index in [4.69, 9.17) is 9.05 Å². The van der Waals surface area contributed by atoms with E-state index in [-0.39, 0.29) is 45.1 Å². The quantitative estimate of drug-likeness (QED) is 0.408. The van der Waals surface area contributed by atoms with Crippen LogP contribution in [-0.2, 0) is 40.0 Å². The number of aliphatic hydroxyl groups excluding tert-OH is 2. The molecule has 0 aliphatic carbocycles. The number of hydrogen-bond donors (Lipinski definition) is 5. The van der Waals surface area contributed by atoms with E-state index in [2.05, 4.69) is 9.97 Å². The molecule has 2 heterocycles. The van der Waals surface area contributed by atoms with Crippen LogP contribution in [0.2, 0.25) is 0 Å². The van der Waals surface area contributed by atoms with Crippen molar-refractivity contribution < 1.29 is 38.9 Å². The summed E-state index contributed by atoms with van der Waals surface area (Å²) in [6.45, 7) is 1.15. The van der Waals surface area contributed by atoms with Gasteiger partial charge < -0.3 is 25.3 Å². The van der Waals surface area contributed by atoms with Gasteiger partial charge in [0.25, 0.3) is 0 Å². The van der Waals surface area contributed by atoms with Crippen LogP contribution in [0, 0.1) is 13.8 Å². The van der Waals surface area contributed by atoms with Crippen LogP contribution in [0.4, 0.5) is 0 Å². The van der Waals surface area contributed by atoms with Crippen molar-refractivity contribution in [2.24, 2.45) is 0 Å². The van der Waals surface area contributed by atoms with Crippen LogP contribution in [0.25, 0.3) is 0 Å². The molecule has 2 aromatic rings. The molecule has 0 spiro atoms. The third kappa shape index (κ3) is 5.01. The second kappa shape index (κ2) is 8.75. The molecule has 27 heavy (non-hydrogen) atoms. The highest BCUT2D eigenvalue weighted by atomic mass is 31.2. The summed E-state index contributed by atoms with van der Waals surface area (Å²) in [6.07, 6.45) is 2.64. The molecule has 0 saturated heterocycles. The minimum atomic E-state index is -4.58. The lowest BCUT2D eigenvalue weighted by atomic mass is 10.1. The lowest BCUT2D eigenvalue weighted by Crippen LogP contribution is -2.04. The molecule has 0 aliphatic rings. The molecule has 5 N–H and O–H groups in total. The standard InChI is InChI=1S/C16H21N2O8P/c1-9-15(21)13(11(5-19)3-17-9)7-25-27(23,24)26-8-14-12(6-20)4-18-10(2)16(14)22/h3-4,19-22H,5-8H2,1-2H3,(H,23,24). The summed E-state index contributed by atoms with van der Waals surface area (Å²) in [5.74, 6) is -0.516. The normalized spacial score (nSPS) is 11.7. The average molecular weight is 400 g/mol. The Morgan fingerprint density at radius 3 is 1.59 bits per heavy atom. The number of aryl methyl sites for hydroxylation is 2. The van der Waals surface area contributed by atoms with Crippen LogP contribution in [0.5, 0.6) is 11.5 Å². The fourth-order valence-electron chi connectivity index (χ4n) is 2.29. The number of phosphoric ester groups is 1. The molecule has 0 unspecified atom stereocenters. The van der Waals surface area contributed by atoms with Gasteiger partial charge in [0, 0.05) is 34.6 Å². The van der Waals surface area contributed by atoms with Gasteiger partial charge in [-0.25, -0.2) is 4.57 Å². The smallest absolute Gasteiger partial charge is 0.472 e. The largest absolute Gasteiger partial charge is 0.506 e. The van der Waals surface area contributed by atoms with Gasteiger partial charge in [-0.1, -0.05) is 0 Å². The number of nitrogens with zero attached hydrogens (tertiary/aromatic N) is 2. The van der Waals surface area contributed by atoms with Crippen molar-refractivity contribution in [2.45, 2.75) is 40.3 Å². The van der Waals surface area contributed by atoms with E-state index in [1.165, 1.54) is 26.2 Å². The maximum absolute atomic E-state index is 12.1. The Balaban J connectivity index is 2.13. The summed E-state index contributed by atoms with van der Waals surface area (Å²) >= 11 is 0. The van der Waals surface area contributed by atoms with E-state index < -0.39 is 34.3 Å². The van der Waals surface area contributed by atoms with Gasteiger partial charge in [0.15, 0.2) is 0 Å². The van der Waals surface area contributed by atoms with Crippen molar-refractivity contribution in [1.29, 1.82) is 0 Å². The van der Waals surface area contributed by atoms with Crippen LogP contribution in [0.3, 0.4) is 0 Å². The minimum absolute atomic E-state index is 0.113. The minimum Gasteiger partial charge on any atom is -0.506 e. The van der Waals surface area contributed by atoms with E-state index in [0.29, 0.717) is 0 Å². The van der Waals surface area contributed by atoms with Crippen LogP contribution >= 0.6 is 7.82 Å². The second-order valence-electron chi connectivity index (χ2n) is 5.72. The van der Waals surface area contributed by atoms with Crippen LogP contribution < -0.4 is 0 Å². The zero-order valence-electron chi connectivity index (χ0n) is 14.8.